The Bertz CT molecular complexity index is 425. The Morgan fingerprint density at radius 1 is 1.10 bits per heavy atom. The predicted molar refractivity (Wildman–Crippen MR) is 78.7 cm³/mol. The number of carbonyl (C=O) groups excluding carboxylic acids is 1. The van der Waals surface area contributed by atoms with Gasteiger partial charge in [-0.05, 0) is 50.2 Å². The largest absolute Gasteiger partial charge is 0.508 e. The van der Waals surface area contributed by atoms with Crippen LogP contribution in [0.4, 0.5) is 0 Å². The van der Waals surface area contributed by atoms with Crippen molar-refractivity contribution in [3.8, 4) is 5.75 Å². The molecule has 2 rings (SSSR count). The molecule has 0 radical (unpaired) electrons. The molecule has 0 atom stereocenters. The first-order valence-electron chi connectivity index (χ1n) is 7.21. The summed E-state index contributed by atoms with van der Waals surface area (Å²) in [5.74, 6) is 0.234. The summed E-state index contributed by atoms with van der Waals surface area (Å²) in [6.45, 7) is 5.20. The molecule has 20 heavy (non-hydrogen) atoms. The molecule has 110 valence electrons. The van der Waals surface area contributed by atoms with E-state index in [1.165, 1.54) is 0 Å². The van der Waals surface area contributed by atoms with Gasteiger partial charge in [-0.25, -0.2) is 0 Å². The maximum atomic E-state index is 12.3. The van der Waals surface area contributed by atoms with Gasteiger partial charge in [0, 0.05) is 31.7 Å². The first-order chi connectivity index (χ1) is 9.70. The molecule has 1 aromatic carbocycles. The highest BCUT2D eigenvalue weighted by Gasteiger charge is 2.21. The van der Waals surface area contributed by atoms with Crippen LogP contribution in [0.25, 0.3) is 0 Å². The Labute approximate surface area is 120 Å². The number of phenols is 1. The van der Waals surface area contributed by atoms with Gasteiger partial charge in [0.05, 0.1) is 0 Å². The van der Waals surface area contributed by atoms with E-state index in [1.54, 1.807) is 24.3 Å². The van der Waals surface area contributed by atoms with Crippen molar-refractivity contribution in [3.63, 3.8) is 0 Å². The number of nitrogens with two attached hydrogens (primary N) is 1. The monoisotopic (exact) mass is 277 g/mol. The van der Waals surface area contributed by atoms with Crippen molar-refractivity contribution >= 4 is 5.91 Å². The number of aromatic hydroxyl groups is 1. The fourth-order valence-corrected chi connectivity index (χ4v) is 2.44. The summed E-state index contributed by atoms with van der Waals surface area (Å²) in [4.78, 5) is 16.6. The second-order valence-electron chi connectivity index (χ2n) is 5.18. The molecule has 5 heteroatoms. The summed E-state index contributed by atoms with van der Waals surface area (Å²) in [6.07, 6.45) is 2.19. The standard InChI is InChI=1S/C15H23N3O2/c16-7-1-2-8-17-9-11-18(12-10-17)15(20)13-3-5-14(19)6-4-13/h3-6,19H,1-2,7-12,16H2. The number of amides is 1. The number of carbonyl (C=O) groups is 1. The minimum Gasteiger partial charge on any atom is -0.508 e. The second kappa shape index (κ2) is 7.26. The van der Waals surface area contributed by atoms with Crippen LogP contribution >= 0.6 is 0 Å². The van der Waals surface area contributed by atoms with Crippen LogP contribution in [0.1, 0.15) is 23.2 Å². The Hall–Kier alpha value is -1.59. The van der Waals surface area contributed by atoms with Gasteiger partial charge in [-0.2, -0.15) is 0 Å². The molecule has 1 heterocycles. The van der Waals surface area contributed by atoms with Crippen LogP contribution in [0.5, 0.6) is 5.75 Å². The van der Waals surface area contributed by atoms with E-state index in [4.69, 9.17) is 5.73 Å². The van der Waals surface area contributed by atoms with Crippen LogP contribution in [0, 0.1) is 0 Å². The number of unbranched alkanes of at least 4 members (excludes halogenated alkanes) is 1. The molecule has 1 fully saturated rings. The van der Waals surface area contributed by atoms with E-state index in [9.17, 15) is 9.90 Å². The molecule has 0 bridgehead atoms. The Morgan fingerprint density at radius 2 is 1.75 bits per heavy atom. The third-order valence-electron chi connectivity index (χ3n) is 3.70. The number of phenolic OH excluding ortho intramolecular Hbond substituents is 1. The molecule has 0 aromatic heterocycles. The summed E-state index contributed by atoms with van der Waals surface area (Å²) < 4.78 is 0. The fraction of sp³-hybridized carbons (Fsp3) is 0.533. The number of rotatable bonds is 5. The van der Waals surface area contributed by atoms with Gasteiger partial charge in [-0.15, -0.1) is 0 Å². The zero-order valence-corrected chi connectivity index (χ0v) is 11.8. The van der Waals surface area contributed by atoms with Crippen molar-refractivity contribution in [3.05, 3.63) is 29.8 Å². The lowest BCUT2D eigenvalue weighted by Gasteiger charge is -2.34. The molecule has 0 aliphatic carbocycles. The summed E-state index contributed by atoms with van der Waals surface area (Å²) in [5.41, 5.74) is 6.13. The van der Waals surface area contributed by atoms with Crippen LogP contribution in [-0.4, -0.2) is 60.1 Å². The molecule has 1 saturated heterocycles. The third-order valence-corrected chi connectivity index (χ3v) is 3.70. The Balaban J connectivity index is 1.81. The smallest absolute Gasteiger partial charge is 0.253 e. The van der Waals surface area contributed by atoms with E-state index in [0.717, 1.165) is 52.1 Å². The van der Waals surface area contributed by atoms with Gasteiger partial charge in [0.2, 0.25) is 0 Å². The summed E-state index contributed by atoms with van der Waals surface area (Å²) in [5, 5.41) is 9.25. The lowest BCUT2D eigenvalue weighted by atomic mass is 10.1. The number of nitrogens with zero attached hydrogens (tertiary/aromatic N) is 2. The second-order valence-corrected chi connectivity index (χ2v) is 5.18. The maximum absolute atomic E-state index is 12.3. The average molecular weight is 277 g/mol. The van der Waals surface area contributed by atoms with Gasteiger partial charge in [-0.3, -0.25) is 9.69 Å². The van der Waals surface area contributed by atoms with E-state index < -0.39 is 0 Å². The zero-order valence-electron chi connectivity index (χ0n) is 11.8. The molecule has 1 aliphatic heterocycles. The van der Waals surface area contributed by atoms with Gasteiger partial charge < -0.3 is 15.7 Å². The molecular weight excluding hydrogens is 254 g/mol. The van der Waals surface area contributed by atoms with Crippen LogP contribution in [0.15, 0.2) is 24.3 Å². The van der Waals surface area contributed by atoms with Gasteiger partial charge in [0.15, 0.2) is 0 Å². The van der Waals surface area contributed by atoms with E-state index in [-0.39, 0.29) is 11.7 Å². The summed E-state index contributed by atoms with van der Waals surface area (Å²) in [6, 6.07) is 6.45. The Kier molecular flexibility index (Phi) is 5.38. The van der Waals surface area contributed by atoms with Crippen molar-refractivity contribution in [2.24, 2.45) is 5.73 Å². The van der Waals surface area contributed by atoms with Crippen LogP contribution in [0.2, 0.25) is 0 Å². The summed E-state index contributed by atoms with van der Waals surface area (Å²) in [7, 11) is 0. The number of benzene rings is 1. The number of hydrogen-bond acceptors (Lipinski definition) is 4. The van der Waals surface area contributed by atoms with Crippen molar-refractivity contribution in [2.75, 3.05) is 39.3 Å². The Morgan fingerprint density at radius 3 is 2.35 bits per heavy atom. The van der Waals surface area contributed by atoms with Gasteiger partial charge in [0.1, 0.15) is 5.75 Å². The number of hydrogen-bond donors (Lipinski definition) is 2. The topological polar surface area (TPSA) is 69.8 Å². The van der Waals surface area contributed by atoms with Gasteiger partial charge in [-0.1, -0.05) is 0 Å². The highest BCUT2D eigenvalue weighted by Crippen LogP contribution is 2.13. The van der Waals surface area contributed by atoms with Crippen LogP contribution in [-0.2, 0) is 0 Å². The first-order valence-corrected chi connectivity index (χ1v) is 7.21. The van der Waals surface area contributed by atoms with E-state index in [0.29, 0.717) is 5.56 Å². The van der Waals surface area contributed by atoms with Crippen molar-refractivity contribution < 1.29 is 9.90 Å². The average Bonchev–Trinajstić information content (AvgIpc) is 2.48. The van der Waals surface area contributed by atoms with Gasteiger partial charge >= 0.3 is 0 Å². The SMILES string of the molecule is NCCCCN1CCN(C(=O)c2ccc(O)cc2)CC1. The van der Waals surface area contributed by atoms with Crippen molar-refractivity contribution in [2.45, 2.75) is 12.8 Å². The molecular formula is C15H23N3O2. The highest BCUT2D eigenvalue weighted by atomic mass is 16.3. The predicted octanol–water partition coefficient (Wildman–Crippen LogP) is 0.889. The molecule has 1 amide bonds. The summed E-state index contributed by atoms with van der Waals surface area (Å²) >= 11 is 0. The van der Waals surface area contributed by atoms with Gasteiger partial charge in [0.25, 0.3) is 5.91 Å². The normalized spacial score (nSPS) is 16.4. The maximum Gasteiger partial charge on any atom is 0.253 e. The fourth-order valence-electron chi connectivity index (χ4n) is 2.44. The van der Waals surface area contributed by atoms with Crippen LogP contribution in [0.3, 0.4) is 0 Å². The van der Waals surface area contributed by atoms with Crippen molar-refractivity contribution in [1.82, 2.24) is 9.80 Å². The quantitative estimate of drug-likeness (QED) is 0.784. The molecule has 1 aliphatic rings. The van der Waals surface area contributed by atoms with Crippen LogP contribution < -0.4 is 5.73 Å². The van der Waals surface area contributed by atoms with Crippen molar-refractivity contribution in [1.29, 1.82) is 0 Å². The highest BCUT2D eigenvalue weighted by molar-refractivity contribution is 5.94. The molecule has 0 saturated carbocycles. The molecule has 0 unspecified atom stereocenters. The van der Waals surface area contributed by atoms with E-state index in [1.807, 2.05) is 4.90 Å². The minimum atomic E-state index is 0.0478. The minimum absolute atomic E-state index is 0.0478. The third kappa shape index (κ3) is 3.95. The first kappa shape index (κ1) is 14.8. The molecule has 3 N–H and O–H groups in total. The van der Waals surface area contributed by atoms with E-state index in [2.05, 4.69) is 4.90 Å². The molecule has 0 spiro atoms. The molecule has 5 nitrogen and oxygen atoms in total. The zero-order chi connectivity index (χ0) is 14.4. The van der Waals surface area contributed by atoms with E-state index >= 15 is 0 Å². The lowest BCUT2D eigenvalue weighted by molar-refractivity contribution is 0.0635. The number of piperazine rings is 1. The lowest BCUT2D eigenvalue weighted by Crippen LogP contribution is -2.48. The molecule has 1 aromatic rings.